The molecule has 5 heteroatoms. The van der Waals surface area contributed by atoms with E-state index in [0.717, 1.165) is 21.5 Å². The topological polar surface area (TPSA) is 35.5 Å². The first-order valence-corrected chi connectivity index (χ1v) is 7.51. The number of benzene rings is 3. The third-order valence-electron chi connectivity index (χ3n) is 3.30. The predicted molar refractivity (Wildman–Crippen MR) is 89.1 cm³/mol. The van der Waals surface area contributed by atoms with Crippen LogP contribution >= 0.6 is 23.2 Å². The number of hydrogen-bond donors (Lipinski definition) is 0. The van der Waals surface area contributed by atoms with Crippen molar-refractivity contribution in [2.45, 2.75) is 6.92 Å². The van der Waals surface area contributed by atoms with E-state index in [4.69, 9.17) is 32.7 Å². The minimum Gasteiger partial charge on any atom is -0.434 e. The van der Waals surface area contributed by atoms with E-state index in [0.29, 0.717) is 15.8 Å². The molecule has 0 saturated heterocycles. The van der Waals surface area contributed by atoms with Crippen molar-refractivity contribution >= 4 is 50.9 Å². The molecular formula is C17H12Cl2O3. The molecule has 0 aliphatic rings. The smallest absolute Gasteiger partial charge is 0.434 e. The molecule has 3 rings (SSSR count). The second-order valence-electron chi connectivity index (χ2n) is 4.69. The number of rotatable bonds is 2. The molecule has 0 spiro atoms. The third kappa shape index (κ3) is 2.70. The highest BCUT2D eigenvalue weighted by Gasteiger charge is 2.15. The Morgan fingerprint density at radius 2 is 1.86 bits per heavy atom. The van der Waals surface area contributed by atoms with Gasteiger partial charge in [-0.05, 0) is 36.6 Å². The largest absolute Gasteiger partial charge is 0.513 e. The highest BCUT2D eigenvalue weighted by molar-refractivity contribution is 6.36. The van der Waals surface area contributed by atoms with Gasteiger partial charge in [0.05, 0.1) is 6.61 Å². The zero-order valence-electron chi connectivity index (χ0n) is 11.7. The molecular weight excluding hydrogens is 323 g/mol. The Bertz CT molecular complexity index is 871. The van der Waals surface area contributed by atoms with E-state index < -0.39 is 6.16 Å². The van der Waals surface area contributed by atoms with Crippen LogP contribution in [0.15, 0.2) is 42.5 Å². The summed E-state index contributed by atoms with van der Waals surface area (Å²) in [4.78, 5) is 11.8. The van der Waals surface area contributed by atoms with Gasteiger partial charge in [-0.2, -0.15) is 0 Å². The van der Waals surface area contributed by atoms with Crippen molar-refractivity contribution in [3.63, 3.8) is 0 Å². The minimum atomic E-state index is -0.753. The Morgan fingerprint density at radius 1 is 1.05 bits per heavy atom. The Labute approximate surface area is 137 Å². The quantitative estimate of drug-likeness (QED) is 0.335. The first-order valence-electron chi connectivity index (χ1n) is 6.75. The Kier molecular flexibility index (Phi) is 4.10. The van der Waals surface area contributed by atoms with Crippen LogP contribution in [-0.4, -0.2) is 12.8 Å². The average molecular weight is 335 g/mol. The fourth-order valence-corrected chi connectivity index (χ4v) is 2.78. The van der Waals surface area contributed by atoms with Gasteiger partial charge in [0.15, 0.2) is 0 Å². The summed E-state index contributed by atoms with van der Waals surface area (Å²) in [7, 11) is 0. The van der Waals surface area contributed by atoms with Gasteiger partial charge in [-0.3, -0.25) is 0 Å². The van der Waals surface area contributed by atoms with Crippen LogP contribution in [0.2, 0.25) is 10.0 Å². The van der Waals surface area contributed by atoms with Crippen molar-refractivity contribution in [1.82, 2.24) is 0 Å². The molecule has 0 amide bonds. The monoisotopic (exact) mass is 334 g/mol. The molecule has 22 heavy (non-hydrogen) atoms. The van der Waals surface area contributed by atoms with E-state index in [9.17, 15) is 4.79 Å². The van der Waals surface area contributed by atoms with Crippen molar-refractivity contribution in [1.29, 1.82) is 0 Å². The lowest BCUT2D eigenvalue weighted by atomic mass is 10.0. The van der Waals surface area contributed by atoms with Gasteiger partial charge in [-0.15, -0.1) is 0 Å². The third-order valence-corrected chi connectivity index (χ3v) is 3.87. The summed E-state index contributed by atoms with van der Waals surface area (Å²) >= 11 is 12.3. The summed E-state index contributed by atoms with van der Waals surface area (Å²) in [6, 6.07) is 12.8. The van der Waals surface area contributed by atoms with Crippen LogP contribution in [0.5, 0.6) is 5.75 Å². The van der Waals surface area contributed by atoms with Gasteiger partial charge in [0, 0.05) is 26.2 Å². The second kappa shape index (κ2) is 6.03. The lowest BCUT2D eigenvalue weighted by Crippen LogP contribution is -2.10. The van der Waals surface area contributed by atoms with Crippen LogP contribution in [0, 0.1) is 0 Å². The predicted octanol–water partition coefficient (Wildman–Crippen LogP) is 5.84. The minimum absolute atomic E-state index is 0.239. The van der Waals surface area contributed by atoms with E-state index in [1.54, 1.807) is 31.2 Å². The molecule has 3 aromatic carbocycles. The zero-order valence-corrected chi connectivity index (χ0v) is 13.2. The van der Waals surface area contributed by atoms with Crippen LogP contribution in [0.1, 0.15) is 6.92 Å². The van der Waals surface area contributed by atoms with E-state index in [1.165, 1.54) is 0 Å². The maximum absolute atomic E-state index is 11.8. The zero-order chi connectivity index (χ0) is 15.7. The van der Waals surface area contributed by atoms with Crippen LogP contribution in [0.25, 0.3) is 21.5 Å². The summed E-state index contributed by atoms with van der Waals surface area (Å²) < 4.78 is 10.3. The summed E-state index contributed by atoms with van der Waals surface area (Å²) in [5.74, 6) is 0.399. The fourth-order valence-electron chi connectivity index (χ4n) is 2.37. The van der Waals surface area contributed by atoms with Crippen molar-refractivity contribution < 1.29 is 14.3 Å². The van der Waals surface area contributed by atoms with Crippen LogP contribution in [0.3, 0.4) is 0 Å². The molecule has 0 saturated carbocycles. The van der Waals surface area contributed by atoms with Gasteiger partial charge >= 0.3 is 6.16 Å². The molecule has 0 aliphatic heterocycles. The maximum atomic E-state index is 11.8. The molecule has 0 aliphatic carbocycles. The summed E-state index contributed by atoms with van der Waals surface area (Å²) in [5, 5.41) is 4.29. The molecule has 0 atom stereocenters. The fraction of sp³-hybridized carbons (Fsp3) is 0.118. The molecule has 0 heterocycles. The first kappa shape index (κ1) is 14.9. The molecule has 112 valence electrons. The summed E-state index contributed by atoms with van der Waals surface area (Å²) in [6.07, 6.45) is -0.753. The number of ether oxygens (including phenoxy) is 2. The molecule has 0 bridgehead atoms. The number of carbonyl (C=O) groups is 1. The van der Waals surface area contributed by atoms with Gasteiger partial charge in [-0.1, -0.05) is 41.4 Å². The summed E-state index contributed by atoms with van der Waals surface area (Å²) in [5.41, 5.74) is 0. The Hall–Kier alpha value is -1.97. The van der Waals surface area contributed by atoms with E-state index in [-0.39, 0.29) is 6.61 Å². The molecule has 3 aromatic rings. The molecule has 0 unspecified atom stereocenters. The van der Waals surface area contributed by atoms with Gasteiger partial charge in [0.2, 0.25) is 0 Å². The molecule has 0 N–H and O–H groups in total. The van der Waals surface area contributed by atoms with Crippen molar-refractivity contribution in [2.24, 2.45) is 0 Å². The SMILES string of the molecule is CCOC(=O)Oc1c2cc(Cl)ccc2cc2c(Cl)cccc12. The number of fused-ring (bicyclic) bond motifs is 2. The number of hydrogen-bond acceptors (Lipinski definition) is 3. The maximum Gasteiger partial charge on any atom is 0.513 e. The van der Waals surface area contributed by atoms with Gasteiger partial charge < -0.3 is 9.47 Å². The highest BCUT2D eigenvalue weighted by atomic mass is 35.5. The van der Waals surface area contributed by atoms with E-state index in [1.807, 2.05) is 18.2 Å². The standard InChI is InChI=1S/C17H12Cl2O3/c1-2-21-17(20)22-16-12-4-3-5-15(19)14(12)8-10-6-7-11(18)9-13(10)16/h3-9H,2H2,1H3. The van der Waals surface area contributed by atoms with Gasteiger partial charge in [0.1, 0.15) is 5.75 Å². The number of halogens is 2. The van der Waals surface area contributed by atoms with Crippen LogP contribution in [-0.2, 0) is 4.74 Å². The van der Waals surface area contributed by atoms with Crippen molar-refractivity contribution in [3.05, 3.63) is 52.5 Å². The molecule has 3 nitrogen and oxygen atoms in total. The highest BCUT2D eigenvalue weighted by Crippen LogP contribution is 2.39. The average Bonchev–Trinajstić information content (AvgIpc) is 2.49. The van der Waals surface area contributed by atoms with Crippen molar-refractivity contribution in [2.75, 3.05) is 6.61 Å². The Balaban J connectivity index is 2.32. The summed E-state index contributed by atoms with van der Waals surface area (Å²) in [6.45, 7) is 1.96. The molecule has 0 fully saturated rings. The van der Waals surface area contributed by atoms with Crippen LogP contribution in [0.4, 0.5) is 4.79 Å². The lowest BCUT2D eigenvalue weighted by Gasteiger charge is -2.12. The first-order chi connectivity index (χ1) is 10.6. The Morgan fingerprint density at radius 3 is 2.64 bits per heavy atom. The van der Waals surface area contributed by atoms with Gasteiger partial charge in [-0.25, -0.2) is 4.79 Å². The second-order valence-corrected chi connectivity index (χ2v) is 5.53. The molecule has 0 aromatic heterocycles. The number of carbonyl (C=O) groups excluding carboxylic acids is 1. The van der Waals surface area contributed by atoms with E-state index in [2.05, 4.69) is 0 Å². The van der Waals surface area contributed by atoms with E-state index >= 15 is 0 Å². The van der Waals surface area contributed by atoms with Crippen molar-refractivity contribution in [3.8, 4) is 5.75 Å². The molecule has 0 radical (unpaired) electrons. The van der Waals surface area contributed by atoms with Gasteiger partial charge in [0.25, 0.3) is 0 Å². The van der Waals surface area contributed by atoms with Crippen LogP contribution < -0.4 is 4.74 Å². The normalized spacial score (nSPS) is 10.9. The lowest BCUT2D eigenvalue weighted by molar-refractivity contribution is 0.105.